The summed E-state index contributed by atoms with van der Waals surface area (Å²) in [5, 5.41) is 3.60. The number of methoxy groups -OCH3 is 1. The van der Waals surface area contributed by atoms with Gasteiger partial charge in [0, 0.05) is 0 Å². The lowest BCUT2D eigenvalue weighted by atomic mass is 10.2. The molecular formula is C13H14N2O4. The van der Waals surface area contributed by atoms with Gasteiger partial charge in [-0.2, -0.15) is 0 Å². The lowest BCUT2D eigenvalue weighted by Crippen LogP contribution is -2.08. The van der Waals surface area contributed by atoms with Gasteiger partial charge < -0.3 is 19.7 Å². The zero-order valence-electron chi connectivity index (χ0n) is 10.7. The fourth-order valence-electron chi connectivity index (χ4n) is 1.62. The fraction of sp³-hybridized carbons (Fsp3) is 0.231. The Kier molecular flexibility index (Phi) is 3.70. The first-order valence-electron chi connectivity index (χ1n) is 5.63. The maximum absolute atomic E-state index is 11.8. The van der Waals surface area contributed by atoms with Crippen molar-refractivity contribution in [3.63, 3.8) is 0 Å². The predicted molar refractivity (Wildman–Crippen MR) is 67.8 cm³/mol. The van der Waals surface area contributed by atoms with Crippen LogP contribution in [0.4, 0.5) is 5.88 Å². The SMILES string of the molecule is COc1cccc(COC(=O)c2c(C)noc2N)c1. The molecule has 1 aromatic heterocycles. The van der Waals surface area contributed by atoms with E-state index in [9.17, 15) is 4.79 Å². The number of nitrogens with zero attached hydrogens (tertiary/aromatic N) is 1. The second kappa shape index (κ2) is 5.43. The Balaban J connectivity index is 2.04. The molecule has 0 saturated heterocycles. The van der Waals surface area contributed by atoms with Gasteiger partial charge in [0.2, 0.25) is 5.88 Å². The Morgan fingerprint density at radius 3 is 2.89 bits per heavy atom. The van der Waals surface area contributed by atoms with Crippen LogP contribution >= 0.6 is 0 Å². The Morgan fingerprint density at radius 2 is 2.26 bits per heavy atom. The van der Waals surface area contributed by atoms with Crippen molar-refractivity contribution >= 4 is 11.9 Å². The lowest BCUT2D eigenvalue weighted by Gasteiger charge is -2.06. The van der Waals surface area contributed by atoms with Crippen molar-refractivity contribution < 1.29 is 18.8 Å². The molecule has 0 atom stereocenters. The molecule has 0 unspecified atom stereocenters. The summed E-state index contributed by atoms with van der Waals surface area (Å²) in [5.74, 6) is 0.112. The van der Waals surface area contributed by atoms with Crippen LogP contribution in [0.1, 0.15) is 21.6 Å². The average Bonchev–Trinajstić information content (AvgIpc) is 2.76. The van der Waals surface area contributed by atoms with Crippen molar-refractivity contribution in [1.82, 2.24) is 5.16 Å². The van der Waals surface area contributed by atoms with E-state index in [0.717, 1.165) is 5.56 Å². The summed E-state index contributed by atoms with van der Waals surface area (Å²) >= 11 is 0. The lowest BCUT2D eigenvalue weighted by molar-refractivity contribution is 0.0472. The number of aryl methyl sites for hydroxylation is 1. The molecule has 0 aliphatic rings. The first-order chi connectivity index (χ1) is 9.11. The van der Waals surface area contributed by atoms with Crippen LogP contribution in [0.3, 0.4) is 0 Å². The zero-order valence-corrected chi connectivity index (χ0v) is 10.7. The van der Waals surface area contributed by atoms with Gasteiger partial charge in [0.25, 0.3) is 0 Å². The summed E-state index contributed by atoms with van der Waals surface area (Å²) in [6.07, 6.45) is 0. The van der Waals surface area contributed by atoms with Crippen molar-refractivity contribution in [3.8, 4) is 5.75 Å². The molecule has 0 fully saturated rings. The number of hydrogen-bond acceptors (Lipinski definition) is 6. The third-order valence-corrected chi connectivity index (χ3v) is 2.60. The topological polar surface area (TPSA) is 87.6 Å². The Hall–Kier alpha value is -2.50. The molecule has 1 aromatic carbocycles. The number of hydrogen-bond donors (Lipinski definition) is 1. The van der Waals surface area contributed by atoms with Gasteiger partial charge in [-0.3, -0.25) is 0 Å². The molecule has 1 heterocycles. The molecule has 19 heavy (non-hydrogen) atoms. The predicted octanol–water partition coefficient (Wildman–Crippen LogP) is 1.93. The monoisotopic (exact) mass is 262 g/mol. The minimum absolute atomic E-state index is 0.0341. The molecule has 0 aliphatic heterocycles. The van der Waals surface area contributed by atoms with Gasteiger partial charge in [0.05, 0.1) is 12.8 Å². The maximum atomic E-state index is 11.8. The smallest absolute Gasteiger partial charge is 0.346 e. The standard InChI is InChI=1S/C13H14N2O4/c1-8-11(12(14)19-15-8)13(16)18-7-9-4-3-5-10(6-9)17-2/h3-6H,7,14H2,1-2H3. The van der Waals surface area contributed by atoms with Gasteiger partial charge in [-0.1, -0.05) is 17.3 Å². The Bertz CT molecular complexity index is 573. The van der Waals surface area contributed by atoms with Crippen LogP contribution in [0.25, 0.3) is 0 Å². The highest BCUT2D eigenvalue weighted by Crippen LogP contribution is 2.18. The van der Waals surface area contributed by atoms with E-state index in [-0.39, 0.29) is 18.1 Å². The van der Waals surface area contributed by atoms with E-state index >= 15 is 0 Å². The van der Waals surface area contributed by atoms with Crippen LogP contribution in [-0.4, -0.2) is 18.2 Å². The van der Waals surface area contributed by atoms with Crippen molar-refractivity contribution in [2.75, 3.05) is 12.8 Å². The number of nitrogens with two attached hydrogens (primary N) is 1. The number of ether oxygens (including phenoxy) is 2. The van der Waals surface area contributed by atoms with E-state index in [1.54, 1.807) is 20.1 Å². The minimum Gasteiger partial charge on any atom is -0.497 e. The highest BCUT2D eigenvalue weighted by Gasteiger charge is 2.19. The van der Waals surface area contributed by atoms with Crippen molar-refractivity contribution in [2.24, 2.45) is 0 Å². The summed E-state index contributed by atoms with van der Waals surface area (Å²) < 4.78 is 15.0. The third-order valence-electron chi connectivity index (χ3n) is 2.60. The number of benzene rings is 1. The molecule has 2 aromatic rings. The van der Waals surface area contributed by atoms with Crippen LogP contribution in [0.2, 0.25) is 0 Å². The Labute approximate surface area is 110 Å². The largest absolute Gasteiger partial charge is 0.497 e. The average molecular weight is 262 g/mol. The summed E-state index contributed by atoms with van der Waals surface area (Å²) in [7, 11) is 1.58. The normalized spacial score (nSPS) is 10.2. The van der Waals surface area contributed by atoms with Gasteiger partial charge in [0.15, 0.2) is 0 Å². The fourth-order valence-corrected chi connectivity index (χ4v) is 1.62. The quantitative estimate of drug-likeness (QED) is 0.847. The van der Waals surface area contributed by atoms with Crippen LogP contribution < -0.4 is 10.5 Å². The second-order valence-electron chi connectivity index (χ2n) is 3.93. The summed E-state index contributed by atoms with van der Waals surface area (Å²) in [6.45, 7) is 1.75. The van der Waals surface area contributed by atoms with Crippen molar-refractivity contribution in [1.29, 1.82) is 0 Å². The third kappa shape index (κ3) is 2.85. The van der Waals surface area contributed by atoms with Gasteiger partial charge in [0.1, 0.15) is 17.9 Å². The molecule has 0 radical (unpaired) electrons. The maximum Gasteiger partial charge on any atom is 0.346 e. The van der Waals surface area contributed by atoms with Crippen molar-refractivity contribution in [3.05, 3.63) is 41.1 Å². The summed E-state index contributed by atoms with van der Waals surface area (Å²) in [6, 6.07) is 7.26. The van der Waals surface area contributed by atoms with Crippen LogP contribution in [0.15, 0.2) is 28.8 Å². The first kappa shape index (κ1) is 12.9. The van der Waals surface area contributed by atoms with E-state index in [1.807, 2.05) is 18.2 Å². The number of rotatable bonds is 4. The molecule has 0 saturated carbocycles. The molecule has 100 valence electrons. The van der Waals surface area contributed by atoms with Gasteiger partial charge in [-0.05, 0) is 24.6 Å². The van der Waals surface area contributed by atoms with E-state index in [2.05, 4.69) is 5.16 Å². The number of carbonyl (C=O) groups is 1. The van der Waals surface area contributed by atoms with Gasteiger partial charge in [-0.25, -0.2) is 4.79 Å². The number of anilines is 1. The molecule has 6 heteroatoms. The van der Waals surface area contributed by atoms with Crippen LogP contribution in [0, 0.1) is 6.92 Å². The summed E-state index contributed by atoms with van der Waals surface area (Å²) in [5.41, 5.74) is 6.91. The zero-order chi connectivity index (χ0) is 13.8. The second-order valence-corrected chi connectivity index (χ2v) is 3.93. The van der Waals surface area contributed by atoms with Crippen LogP contribution in [0.5, 0.6) is 5.75 Å². The number of carbonyl (C=O) groups excluding carboxylic acids is 1. The molecule has 2 N–H and O–H groups in total. The van der Waals surface area contributed by atoms with E-state index < -0.39 is 5.97 Å². The molecule has 0 amide bonds. The molecular weight excluding hydrogens is 248 g/mol. The Morgan fingerprint density at radius 1 is 1.47 bits per heavy atom. The first-order valence-corrected chi connectivity index (χ1v) is 5.63. The van der Waals surface area contributed by atoms with Gasteiger partial charge >= 0.3 is 5.97 Å². The molecule has 0 bridgehead atoms. The molecule has 2 rings (SSSR count). The highest BCUT2D eigenvalue weighted by atomic mass is 16.5. The molecule has 6 nitrogen and oxygen atoms in total. The van der Waals surface area contributed by atoms with E-state index in [1.165, 1.54) is 0 Å². The summed E-state index contributed by atoms with van der Waals surface area (Å²) in [4.78, 5) is 11.8. The molecule has 0 aliphatic carbocycles. The number of esters is 1. The number of aromatic nitrogens is 1. The minimum atomic E-state index is -0.556. The number of nitrogen functional groups attached to an aromatic ring is 1. The highest BCUT2D eigenvalue weighted by molar-refractivity contribution is 5.94. The molecule has 0 spiro atoms. The van der Waals surface area contributed by atoms with Crippen LogP contribution in [-0.2, 0) is 11.3 Å². The van der Waals surface area contributed by atoms with E-state index in [4.69, 9.17) is 19.7 Å². The van der Waals surface area contributed by atoms with Crippen molar-refractivity contribution in [2.45, 2.75) is 13.5 Å². The van der Waals surface area contributed by atoms with Gasteiger partial charge in [-0.15, -0.1) is 0 Å². The van der Waals surface area contributed by atoms with E-state index in [0.29, 0.717) is 11.4 Å².